The second-order valence-corrected chi connectivity index (χ2v) is 8.14. The SMILES string of the molecule is CC(C)CC(CCOC1COc2cscc2OC1)S(=O)(=O)[O-].[Na+]. The molecule has 126 valence electrons. The van der Waals surface area contributed by atoms with Crippen LogP contribution in [-0.4, -0.2) is 44.1 Å². The molecule has 0 saturated heterocycles. The minimum atomic E-state index is -4.30. The number of rotatable bonds is 7. The molecule has 0 spiro atoms. The van der Waals surface area contributed by atoms with Gasteiger partial charge in [0.1, 0.15) is 19.3 Å². The fourth-order valence-corrected chi connectivity index (χ4v) is 3.95. The van der Waals surface area contributed by atoms with E-state index in [4.69, 9.17) is 14.2 Å². The van der Waals surface area contributed by atoms with Gasteiger partial charge >= 0.3 is 29.6 Å². The van der Waals surface area contributed by atoms with E-state index in [-0.39, 0.29) is 54.6 Å². The van der Waals surface area contributed by atoms with Gasteiger partial charge in [-0.25, -0.2) is 8.42 Å². The third-order valence-electron chi connectivity index (χ3n) is 3.38. The van der Waals surface area contributed by atoms with Crippen molar-refractivity contribution >= 4 is 21.5 Å². The molecule has 1 aliphatic rings. The molecule has 9 heteroatoms. The van der Waals surface area contributed by atoms with Crippen LogP contribution >= 0.6 is 11.3 Å². The molecule has 0 saturated carbocycles. The van der Waals surface area contributed by atoms with E-state index in [0.717, 1.165) is 0 Å². The fourth-order valence-electron chi connectivity index (χ4n) is 2.27. The maximum absolute atomic E-state index is 11.3. The summed E-state index contributed by atoms with van der Waals surface area (Å²) in [6.45, 7) is 4.68. The van der Waals surface area contributed by atoms with Gasteiger partial charge in [-0.05, 0) is 18.8 Å². The summed E-state index contributed by atoms with van der Waals surface area (Å²) < 4.78 is 50.5. The van der Waals surface area contributed by atoms with Crippen LogP contribution in [0.5, 0.6) is 11.5 Å². The third kappa shape index (κ3) is 6.89. The number of ether oxygens (including phenoxy) is 3. The van der Waals surface area contributed by atoms with E-state index >= 15 is 0 Å². The first-order valence-electron chi connectivity index (χ1n) is 7.24. The van der Waals surface area contributed by atoms with Crippen molar-refractivity contribution in [3.05, 3.63) is 10.8 Å². The molecule has 1 atom stereocenters. The molecule has 2 heterocycles. The molecule has 0 fully saturated rings. The molecular formula is C14H21NaO6S2. The summed E-state index contributed by atoms with van der Waals surface area (Å²) in [4.78, 5) is 0. The summed E-state index contributed by atoms with van der Waals surface area (Å²) in [5.41, 5.74) is 0. The van der Waals surface area contributed by atoms with Gasteiger partial charge in [0.05, 0.1) is 15.4 Å². The Labute approximate surface area is 163 Å². The van der Waals surface area contributed by atoms with Crippen molar-refractivity contribution in [1.82, 2.24) is 0 Å². The molecule has 0 aliphatic carbocycles. The van der Waals surface area contributed by atoms with Crippen molar-refractivity contribution in [3.8, 4) is 11.5 Å². The third-order valence-corrected chi connectivity index (χ3v) is 5.32. The van der Waals surface area contributed by atoms with E-state index in [1.165, 1.54) is 11.3 Å². The number of thiophene rings is 1. The molecule has 6 nitrogen and oxygen atoms in total. The van der Waals surface area contributed by atoms with Crippen LogP contribution in [0.25, 0.3) is 0 Å². The summed E-state index contributed by atoms with van der Waals surface area (Å²) >= 11 is 1.50. The van der Waals surface area contributed by atoms with Crippen molar-refractivity contribution in [3.63, 3.8) is 0 Å². The van der Waals surface area contributed by atoms with Crippen LogP contribution in [0.3, 0.4) is 0 Å². The van der Waals surface area contributed by atoms with Gasteiger partial charge in [-0.3, -0.25) is 0 Å². The molecule has 1 aromatic rings. The second-order valence-electron chi connectivity index (χ2n) is 5.75. The van der Waals surface area contributed by atoms with Crippen LogP contribution in [0.4, 0.5) is 0 Å². The quantitative estimate of drug-likeness (QED) is 0.463. The first-order chi connectivity index (χ1) is 10.4. The minimum Gasteiger partial charge on any atom is -0.748 e. The Kier molecular flexibility index (Phi) is 8.85. The Morgan fingerprint density at radius 2 is 1.87 bits per heavy atom. The van der Waals surface area contributed by atoms with Crippen molar-refractivity contribution < 1.29 is 56.7 Å². The summed E-state index contributed by atoms with van der Waals surface area (Å²) in [7, 11) is -4.30. The molecule has 0 amide bonds. The molecule has 0 aromatic carbocycles. The standard InChI is InChI=1S/C14H22O6S2.Na/c1-10(2)5-12(22(15,16)17)3-4-18-11-6-19-13-8-21-9-14(13)20-7-11;/h8-12H,3-7H2,1-2H3,(H,15,16,17);/q;+1/p-1. The molecule has 0 radical (unpaired) electrons. The summed E-state index contributed by atoms with van der Waals surface area (Å²) in [5, 5.41) is 2.82. The van der Waals surface area contributed by atoms with Gasteiger partial charge < -0.3 is 18.8 Å². The average molecular weight is 372 g/mol. The zero-order valence-corrected chi connectivity index (χ0v) is 17.3. The second kappa shape index (κ2) is 9.60. The van der Waals surface area contributed by atoms with Gasteiger partial charge in [-0.15, -0.1) is 11.3 Å². The zero-order valence-electron chi connectivity index (χ0n) is 13.7. The van der Waals surface area contributed by atoms with Crippen LogP contribution in [0.15, 0.2) is 10.8 Å². The molecule has 0 N–H and O–H groups in total. The van der Waals surface area contributed by atoms with E-state index in [1.807, 2.05) is 24.6 Å². The van der Waals surface area contributed by atoms with Crippen LogP contribution < -0.4 is 39.0 Å². The van der Waals surface area contributed by atoms with Gasteiger partial charge in [0, 0.05) is 17.4 Å². The molecule has 1 aliphatic heterocycles. The molecule has 0 bridgehead atoms. The topological polar surface area (TPSA) is 84.9 Å². The maximum Gasteiger partial charge on any atom is 1.00 e. The van der Waals surface area contributed by atoms with Crippen LogP contribution in [-0.2, 0) is 14.9 Å². The molecule has 2 rings (SSSR count). The Bertz CT molecular complexity index is 549. The van der Waals surface area contributed by atoms with Crippen LogP contribution in [0.1, 0.15) is 26.7 Å². The van der Waals surface area contributed by atoms with E-state index in [0.29, 0.717) is 31.1 Å². The van der Waals surface area contributed by atoms with Gasteiger partial charge in [0.2, 0.25) is 0 Å². The van der Waals surface area contributed by atoms with E-state index in [2.05, 4.69) is 0 Å². The Morgan fingerprint density at radius 3 is 2.35 bits per heavy atom. The van der Waals surface area contributed by atoms with Crippen molar-refractivity contribution in [2.75, 3.05) is 19.8 Å². The minimum absolute atomic E-state index is 0. The van der Waals surface area contributed by atoms with Crippen LogP contribution in [0.2, 0.25) is 0 Å². The maximum atomic E-state index is 11.3. The van der Waals surface area contributed by atoms with E-state index < -0.39 is 15.4 Å². The number of hydrogen-bond donors (Lipinski definition) is 0. The van der Waals surface area contributed by atoms with Crippen molar-refractivity contribution in [2.45, 2.75) is 38.0 Å². The summed E-state index contributed by atoms with van der Waals surface area (Å²) in [6.07, 6.45) is 0.275. The zero-order chi connectivity index (χ0) is 16.2. The van der Waals surface area contributed by atoms with Crippen LogP contribution in [0, 0.1) is 5.92 Å². The average Bonchev–Trinajstić information content (AvgIpc) is 2.78. The van der Waals surface area contributed by atoms with Gasteiger partial charge in [0.25, 0.3) is 0 Å². The number of hydrogen-bond acceptors (Lipinski definition) is 7. The Hall–Kier alpha value is 0.170. The molecule has 1 unspecified atom stereocenters. The monoisotopic (exact) mass is 372 g/mol. The van der Waals surface area contributed by atoms with E-state index in [1.54, 1.807) is 0 Å². The molecule has 1 aromatic heterocycles. The number of fused-ring (bicyclic) bond motifs is 1. The van der Waals surface area contributed by atoms with Gasteiger partial charge in [-0.2, -0.15) is 0 Å². The predicted octanol–water partition coefficient (Wildman–Crippen LogP) is -0.741. The first kappa shape index (κ1) is 21.2. The smallest absolute Gasteiger partial charge is 0.748 e. The van der Waals surface area contributed by atoms with Gasteiger partial charge in [-0.1, -0.05) is 13.8 Å². The fraction of sp³-hybridized carbons (Fsp3) is 0.714. The van der Waals surface area contributed by atoms with Gasteiger partial charge in [0.15, 0.2) is 11.5 Å². The molecule has 23 heavy (non-hydrogen) atoms. The van der Waals surface area contributed by atoms with E-state index in [9.17, 15) is 13.0 Å². The largest absolute Gasteiger partial charge is 1.00 e. The van der Waals surface area contributed by atoms with Crippen molar-refractivity contribution in [2.24, 2.45) is 5.92 Å². The Balaban J connectivity index is 0.00000264. The summed E-state index contributed by atoms with van der Waals surface area (Å²) in [6, 6.07) is 0. The first-order valence-corrected chi connectivity index (χ1v) is 9.65. The molecular weight excluding hydrogens is 351 g/mol. The summed E-state index contributed by atoms with van der Waals surface area (Å²) in [5.74, 6) is 1.56. The normalized spacial score (nSPS) is 16.7. The Morgan fingerprint density at radius 1 is 1.30 bits per heavy atom. The van der Waals surface area contributed by atoms with Crippen molar-refractivity contribution in [1.29, 1.82) is 0 Å². The predicted molar refractivity (Wildman–Crippen MR) is 82.6 cm³/mol.